The summed E-state index contributed by atoms with van der Waals surface area (Å²) in [5.41, 5.74) is 0.0231. The van der Waals surface area contributed by atoms with Gasteiger partial charge in [0.1, 0.15) is 0 Å². The number of rotatable bonds is 5. The normalized spacial score (nSPS) is 10.4. The minimum absolute atomic E-state index is 0.0420. The Morgan fingerprint density at radius 2 is 1.30 bits per heavy atom. The number of carboxylic acids is 2. The van der Waals surface area contributed by atoms with Gasteiger partial charge in [-0.25, -0.2) is 9.59 Å². The number of aromatic carboxylic acids is 2. The van der Waals surface area contributed by atoms with Crippen LogP contribution < -0.4 is 10.6 Å². The highest BCUT2D eigenvalue weighted by Gasteiger charge is 2.30. The molecule has 3 rings (SSSR count). The van der Waals surface area contributed by atoms with E-state index in [0.717, 1.165) is 17.8 Å². The van der Waals surface area contributed by atoms with Gasteiger partial charge in [-0.05, 0) is 48.5 Å². The Labute approximate surface area is 186 Å². The van der Waals surface area contributed by atoms with Crippen LogP contribution in [0.25, 0.3) is 0 Å². The standard InChI is InChI=1S/C15H13F3N2O.C8H6O4/c1-19-12-6-3-7-13(9-12)20-14(21)10-4-2-5-11(8-10)15(16,17)18;9-7(10)5-3-1-2-4-6(5)8(11)12/h2-9,19H,1H3,(H,20,21);1-4H,(H,9,10)(H,11,12). The van der Waals surface area contributed by atoms with Gasteiger partial charge in [0.2, 0.25) is 0 Å². The van der Waals surface area contributed by atoms with Gasteiger partial charge in [-0.2, -0.15) is 13.2 Å². The Hall–Kier alpha value is -4.34. The molecular weight excluding hydrogens is 441 g/mol. The van der Waals surface area contributed by atoms with Crippen LogP contribution in [0.15, 0.2) is 72.8 Å². The molecule has 1 amide bonds. The van der Waals surface area contributed by atoms with Crippen LogP contribution in [-0.2, 0) is 6.18 Å². The summed E-state index contributed by atoms with van der Waals surface area (Å²) in [6.07, 6.45) is -4.47. The van der Waals surface area contributed by atoms with Crippen LogP contribution in [0.5, 0.6) is 0 Å². The molecule has 33 heavy (non-hydrogen) atoms. The summed E-state index contributed by atoms with van der Waals surface area (Å²) in [6.45, 7) is 0. The molecule has 0 heterocycles. The second-order valence-corrected chi connectivity index (χ2v) is 6.52. The SMILES string of the molecule is CNc1cccc(NC(=O)c2cccc(C(F)(F)F)c2)c1.O=C(O)c1ccccc1C(=O)O. The number of halogens is 3. The van der Waals surface area contributed by atoms with E-state index >= 15 is 0 Å². The molecule has 0 atom stereocenters. The maximum atomic E-state index is 12.6. The van der Waals surface area contributed by atoms with Crippen LogP contribution in [-0.4, -0.2) is 35.1 Å². The Kier molecular flexibility index (Phi) is 8.16. The topological polar surface area (TPSA) is 116 Å². The highest BCUT2D eigenvalue weighted by atomic mass is 19.4. The second-order valence-electron chi connectivity index (χ2n) is 6.52. The first-order valence-corrected chi connectivity index (χ1v) is 9.35. The first kappa shape index (κ1) is 24.9. The highest BCUT2D eigenvalue weighted by Crippen LogP contribution is 2.29. The highest BCUT2D eigenvalue weighted by molar-refractivity contribution is 6.04. The zero-order valence-electron chi connectivity index (χ0n) is 17.2. The van der Waals surface area contributed by atoms with Crippen LogP contribution in [0, 0.1) is 0 Å². The lowest BCUT2D eigenvalue weighted by Gasteiger charge is -2.10. The number of carbonyl (C=O) groups excluding carboxylic acids is 1. The molecule has 7 nitrogen and oxygen atoms in total. The smallest absolute Gasteiger partial charge is 0.416 e. The van der Waals surface area contributed by atoms with Gasteiger partial charge in [-0.15, -0.1) is 0 Å². The third kappa shape index (κ3) is 7.10. The fraction of sp³-hybridized carbons (Fsp3) is 0.0870. The summed E-state index contributed by atoms with van der Waals surface area (Å²) in [7, 11) is 1.73. The molecule has 0 aliphatic carbocycles. The van der Waals surface area contributed by atoms with Gasteiger partial charge >= 0.3 is 18.1 Å². The Bertz CT molecular complexity index is 1130. The van der Waals surface area contributed by atoms with Gasteiger partial charge in [0.15, 0.2) is 0 Å². The fourth-order valence-electron chi connectivity index (χ4n) is 2.65. The molecule has 0 bridgehead atoms. The number of anilines is 2. The van der Waals surface area contributed by atoms with Crippen molar-refractivity contribution in [2.24, 2.45) is 0 Å². The summed E-state index contributed by atoms with van der Waals surface area (Å²) in [4.78, 5) is 32.9. The quantitative estimate of drug-likeness (QED) is 0.422. The molecule has 0 unspecified atom stereocenters. The number of hydrogen-bond donors (Lipinski definition) is 4. The lowest BCUT2D eigenvalue weighted by molar-refractivity contribution is -0.137. The van der Waals surface area contributed by atoms with Gasteiger partial charge in [0.25, 0.3) is 5.91 Å². The van der Waals surface area contributed by atoms with Gasteiger partial charge in [0, 0.05) is 24.0 Å². The molecule has 172 valence electrons. The van der Waals surface area contributed by atoms with E-state index in [4.69, 9.17) is 10.2 Å². The van der Waals surface area contributed by atoms with Gasteiger partial charge < -0.3 is 20.8 Å². The molecule has 3 aromatic carbocycles. The van der Waals surface area contributed by atoms with Gasteiger partial charge in [-0.1, -0.05) is 24.3 Å². The molecule has 0 saturated carbocycles. The van der Waals surface area contributed by atoms with E-state index in [9.17, 15) is 27.6 Å². The van der Waals surface area contributed by atoms with Crippen LogP contribution in [0.3, 0.4) is 0 Å². The zero-order valence-corrected chi connectivity index (χ0v) is 17.2. The summed E-state index contributed by atoms with van der Waals surface area (Å²) >= 11 is 0. The van der Waals surface area contributed by atoms with Gasteiger partial charge in [-0.3, -0.25) is 4.79 Å². The minimum Gasteiger partial charge on any atom is -0.478 e. The number of carbonyl (C=O) groups is 3. The van der Waals surface area contributed by atoms with Crippen molar-refractivity contribution in [3.8, 4) is 0 Å². The maximum absolute atomic E-state index is 12.6. The molecular formula is C23H19F3N2O5. The van der Waals surface area contributed by atoms with Crippen molar-refractivity contribution in [1.29, 1.82) is 0 Å². The third-order valence-electron chi connectivity index (χ3n) is 4.25. The van der Waals surface area contributed by atoms with E-state index in [1.165, 1.54) is 36.4 Å². The lowest BCUT2D eigenvalue weighted by atomic mass is 10.1. The molecule has 0 spiro atoms. The van der Waals surface area contributed by atoms with Crippen LogP contribution in [0.4, 0.5) is 24.5 Å². The molecule has 0 saturated heterocycles. The van der Waals surface area contributed by atoms with E-state index in [0.29, 0.717) is 5.69 Å². The average Bonchev–Trinajstić information content (AvgIpc) is 2.79. The number of hydrogen-bond acceptors (Lipinski definition) is 4. The second kappa shape index (κ2) is 10.8. The van der Waals surface area contributed by atoms with E-state index in [1.807, 2.05) is 0 Å². The molecule has 0 radical (unpaired) electrons. The predicted octanol–water partition coefficient (Wildman–Crippen LogP) is 5.08. The predicted molar refractivity (Wildman–Crippen MR) is 116 cm³/mol. The van der Waals surface area contributed by atoms with E-state index in [-0.39, 0.29) is 16.7 Å². The van der Waals surface area contributed by atoms with Crippen molar-refractivity contribution in [2.75, 3.05) is 17.7 Å². The van der Waals surface area contributed by atoms with Crippen molar-refractivity contribution < 1.29 is 37.8 Å². The Morgan fingerprint density at radius 3 is 1.82 bits per heavy atom. The molecule has 3 aromatic rings. The molecule has 0 aliphatic rings. The minimum atomic E-state index is -4.47. The third-order valence-corrected chi connectivity index (χ3v) is 4.25. The van der Waals surface area contributed by atoms with E-state index in [1.54, 1.807) is 31.3 Å². The zero-order chi connectivity index (χ0) is 24.6. The molecule has 0 fully saturated rings. The number of nitrogens with one attached hydrogen (secondary N) is 2. The number of alkyl halides is 3. The summed E-state index contributed by atoms with van der Waals surface area (Å²) < 4.78 is 37.9. The van der Waals surface area contributed by atoms with E-state index < -0.39 is 29.6 Å². The first-order chi connectivity index (χ1) is 15.5. The summed E-state index contributed by atoms with van der Waals surface area (Å²) in [6, 6.07) is 16.7. The molecule has 0 aliphatic heterocycles. The molecule has 0 aromatic heterocycles. The van der Waals surface area contributed by atoms with E-state index in [2.05, 4.69) is 10.6 Å². The Morgan fingerprint density at radius 1 is 0.758 bits per heavy atom. The van der Waals surface area contributed by atoms with Crippen molar-refractivity contribution in [2.45, 2.75) is 6.18 Å². The van der Waals surface area contributed by atoms with Gasteiger partial charge in [0.05, 0.1) is 16.7 Å². The lowest BCUT2D eigenvalue weighted by Crippen LogP contribution is -2.14. The number of carboxylic acid groups (broad SMARTS) is 2. The summed E-state index contributed by atoms with van der Waals surface area (Å²) in [5, 5.41) is 22.6. The van der Waals surface area contributed by atoms with Crippen LogP contribution >= 0.6 is 0 Å². The fourth-order valence-corrected chi connectivity index (χ4v) is 2.65. The largest absolute Gasteiger partial charge is 0.478 e. The average molecular weight is 460 g/mol. The Balaban J connectivity index is 0.000000273. The van der Waals surface area contributed by atoms with Crippen molar-refractivity contribution in [1.82, 2.24) is 0 Å². The van der Waals surface area contributed by atoms with Crippen molar-refractivity contribution in [3.05, 3.63) is 95.1 Å². The van der Waals surface area contributed by atoms with Crippen molar-refractivity contribution >= 4 is 29.2 Å². The summed E-state index contributed by atoms with van der Waals surface area (Å²) in [5.74, 6) is -3.05. The molecule has 10 heteroatoms. The molecule has 4 N–H and O–H groups in total. The van der Waals surface area contributed by atoms with Crippen molar-refractivity contribution in [3.63, 3.8) is 0 Å². The van der Waals surface area contributed by atoms with Crippen LogP contribution in [0.2, 0.25) is 0 Å². The van der Waals surface area contributed by atoms with Crippen LogP contribution in [0.1, 0.15) is 36.6 Å². The number of amides is 1. The monoisotopic (exact) mass is 460 g/mol. The number of benzene rings is 3. The maximum Gasteiger partial charge on any atom is 0.416 e. The first-order valence-electron chi connectivity index (χ1n) is 9.35.